The quantitative estimate of drug-likeness (QED) is 0.175. The Kier molecular flexibility index (Phi) is 14.9. The molecule has 5 heteroatoms. The van der Waals surface area contributed by atoms with E-state index < -0.39 is 8.80 Å². The fourth-order valence-corrected chi connectivity index (χ4v) is 4.50. The average molecular weight is 414 g/mol. The van der Waals surface area contributed by atoms with Crippen molar-refractivity contribution in [2.24, 2.45) is 0 Å². The lowest BCUT2D eigenvalue weighted by Gasteiger charge is -2.27. The Bertz CT molecular complexity index is 211. The third-order valence-electron chi connectivity index (χ3n) is 2.81. The van der Waals surface area contributed by atoms with E-state index >= 15 is 0 Å². The van der Waals surface area contributed by atoms with E-state index in [2.05, 4.69) is 55.1 Å². The van der Waals surface area contributed by atoms with Gasteiger partial charge in [-0.25, -0.2) is 0 Å². The number of unbranched alkanes of at least 4 members (excludes halogenated alkanes) is 3. The first kappa shape index (κ1) is 20.6. The molecule has 120 valence electrons. The highest BCUT2D eigenvalue weighted by molar-refractivity contribution is 14.1. The summed E-state index contributed by atoms with van der Waals surface area (Å²) in [6.07, 6.45) is 8.67. The molecule has 0 saturated heterocycles. The summed E-state index contributed by atoms with van der Waals surface area (Å²) in [6, 6.07) is 0. The summed E-state index contributed by atoms with van der Waals surface area (Å²) in [5.41, 5.74) is 2.07. The van der Waals surface area contributed by atoms with E-state index in [1.807, 2.05) is 0 Å². The molecule has 0 N–H and O–H groups in total. The second kappa shape index (κ2) is 14.5. The van der Waals surface area contributed by atoms with Gasteiger partial charge >= 0.3 is 8.80 Å². The molecule has 0 aliphatic rings. The number of halogens is 1. The Morgan fingerprint density at radius 2 is 1.20 bits per heavy atom. The van der Waals surface area contributed by atoms with Gasteiger partial charge in [0.2, 0.25) is 0 Å². The second-order valence-electron chi connectivity index (χ2n) is 4.77. The molecule has 0 bridgehead atoms. The van der Waals surface area contributed by atoms with Gasteiger partial charge in [0.25, 0.3) is 0 Å². The van der Waals surface area contributed by atoms with Crippen molar-refractivity contribution in [3.63, 3.8) is 0 Å². The Morgan fingerprint density at radius 3 is 1.50 bits per heavy atom. The van der Waals surface area contributed by atoms with E-state index in [1.54, 1.807) is 0 Å². The molecule has 3 nitrogen and oxygen atoms in total. The molecule has 0 aliphatic carbocycles. The Hall–Kier alpha value is 0.567. The highest BCUT2D eigenvalue weighted by Crippen LogP contribution is 2.15. The Balaban J connectivity index is 4.61. The first-order valence-corrected chi connectivity index (χ1v) is 11.2. The van der Waals surface area contributed by atoms with Crippen molar-refractivity contribution in [1.29, 1.82) is 0 Å². The minimum absolute atomic E-state index is 0.729. The first-order chi connectivity index (χ1) is 9.74. The van der Waals surface area contributed by atoms with Crippen LogP contribution in [-0.4, -0.2) is 33.1 Å². The Morgan fingerprint density at radius 1 is 0.800 bits per heavy atom. The van der Waals surface area contributed by atoms with Crippen LogP contribution in [-0.2, 0) is 13.3 Å². The van der Waals surface area contributed by atoms with Crippen molar-refractivity contribution in [2.75, 3.05) is 24.2 Å². The number of hydrogen-bond acceptors (Lipinski definition) is 3. The second-order valence-corrected chi connectivity index (χ2v) is 8.05. The van der Waals surface area contributed by atoms with Gasteiger partial charge in [0, 0.05) is 24.2 Å². The number of alkyl halides is 1. The molecule has 0 spiro atoms. The van der Waals surface area contributed by atoms with Crippen molar-refractivity contribution >= 4 is 31.4 Å². The van der Waals surface area contributed by atoms with Crippen molar-refractivity contribution in [1.82, 2.24) is 0 Å². The first-order valence-electron chi connectivity index (χ1n) is 7.90. The molecule has 0 aliphatic heterocycles. The number of hydrogen-bond donors (Lipinski definition) is 0. The molecule has 0 aromatic carbocycles. The van der Waals surface area contributed by atoms with Gasteiger partial charge in [-0.05, 0) is 25.0 Å². The van der Waals surface area contributed by atoms with E-state index in [4.69, 9.17) is 13.3 Å². The van der Waals surface area contributed by atoms with E-state index in [0.717, 1.165) is 62.8 Å². The van der Waals surface area contributed by atoms with Crippen LogP contribution in [0.4, 0.5) is 0 Å². The van der Waals surface area contributed by atoms with Crippen LogP contribution in [0.5, 0.6) is 0 Å². The monoisotopic (exact) mass is 414 g/mol. The van der Waals surface area contributed by atoms with Gasteiger partial charge in [0.1, 0.15) is 0 Å². The van der Waals surface area contributed by atoms with Crippen molar-refractivity contribution in [3.8, 4) is 0 Å². The maximum atomic E-state index is 6.07. The van der Waals surface area contributed by atoms with E-state index in [9.17, 15) is 0 Å². The maximum Gasteiger partial charge on any atom is 0.529 e. The van der Waals surface area contributed by atoms with Gasteiger partial charge < -0.3 is 13.3 Å². The van der Waals surface area contributed by atoms with Gasteiger partial charge in [0.15, 0.2) is 0 Å². The minimum atomic E-state index is -2.61. The SMILES string of the molecule is CCCCO[Si](C=CCI)(OCCCC)OCCCC. The van der Waals surface area contributed by atoms with Gasteiger partial charge in [0.05, 0.1) is 0 Å². The molecular formula is C15H31IO3Si. The Labute approximate surface area is 140 Å². The van der Waals surface area contributed by atoms with Crippen LogP contribution in [0.1, 0.15) is 59.3 Å². The summed E-state index contributed by atoms with van der Waals surface area (Å²) in [7, 11) is -2.61. The minimum Gasteiger partial charge on any atom is -0.370 e. The average Bonchev–Trinajstić information content (AvgIpc) is 2.46. The molecule has 0 heterocycles. The molecule has 0 atom stereocenters. The lowest BCUT2D eigenvalue weighted by atomic mass is 10.4. The summed E-state index contributed by atoms with van der Waals surface area (Å²) >= 11 is 2.33. The third-order valence-corrected chi connectivity index (χ3v) is 5.79. The van der Waals surface area contributed by atoms with Crippen LogP contribution in [0.15, 0.2) is 11.8 Å². The molecule has 0 unspecified atom stereocenters. The summed E-state index contributed by atoms with van der Waals surface area (Å²) in [5.74, 6) is 0. The van der Waals surface area contributed by atoms with Crippen molar-refractivity contribution in [3.05, 3.63) is 11.8 Å². The van der Waals surface area contributed by atoms with Crippen LogP contribution in [0.2, 0.25) is 0 Å². The van der Waals surface area contributed by atoms with Gasteiger partial charge in [-0.15, -0.1) is 0 Å². The van der Waals surface area contributed by atoms with Crippen LogP contribution in [0, 0.1) is 0 Å². The van der Waals surface area contributed by atoms with Gasteiger partial charge in [-0.2, -0.15) is 0 Å². The highest BCUT2D eigenvalue weighted by Gasteiger charge is 2.38. The van der Waals surface area contributed by atoms with E-state index in [1.165, 1.54) is 0 Å². The normalized spacial score (nSPS) is 12.4. The fourth-order valence-electron chi connectivity index (χ4n) is 1.53. The molecule has 0 aromatic rings. The summed E-state index contributed by atoms with van der Waals surface area (Å²) in [6.45, 7) is 8.70. The number of allylic oxidation sites excluding steroid dienone is 1. The van der Waals surface area contributed by atoms with E-state index in [-0.39, 0.29) is 0 Å². The lowest BCUT2D eigenvalue weighted by Crippen LogP contribution is -2.45. The van der Waals surface area contributed by atoms with Crippen LogP contribution < -0.4 is 0 Å². The largest absolute Gasteiger partial charge is 0.529 e. The smallest absolute Gasteiger partial charge is 0.370 e. The summed E-state index contributed by atoms with van der Waals surface area (Å²) in [4.78, 5) is 0. The van der Waals surface area contributed by atoms with Crippen LogP contribution >= 0.6 is 22.6 Å². The predicted molar refractivity (Wildman–Crippen MR) is 96.4 cm³/mol. The highest BCUT2D eigenvalue weighted by atomic mass is 127. The molecule has 0 aromatic heterocycles. The zero-order chi connectivity index (χ0) is 15.1. The van der Waals surface area contributed by atoms with Gasteiger partial charge in [-0.1, -0.05) is 68.7 Å². The molecular weight excluding hydrogens is 383 g/mol. The zero-order valence-corrected chi connectivity index (χ0v) is 16.5. The molecule has 0 fully saturated rings. The number of rotatable bonds is 14. The van der Waals surface area contributed by atoms with Crippen LogP contribution in [0.3, 0.4) is 0 Å². The van der Waals surface area contributed by atoms with Crippen LogP contribution in [0.25, 0.3) is 0 Å². The maximum absolute atomic E-state index is 6.07. The van der Waals surface area contributed by atoms with E-state index in [0.29, 0.717) is 0 Å². The van der Waals surface area contributed by atoms with Crippen molar-refractivity contribution < 1.29 is 13.3 Å². The summed E-state index contributed by atoms with van der Waals surface area (Å²) in [5, 5.41) is 0. The molecule has 0 radical (unpaired) electrons. The molecule has 0 amide bonds. The lowest BCUT2D eigenvalue weighted by molar-refractivity contribution is 0.0684. The molecule has 20 heavy (non-hydrogen) atoms. The third kappa shape index (κ3) is 10.3. The topological polar surface area (TPSA) is 27.7 Å². The fraction of sp³-hybridized carbons (Fsp3) is 0.867. The molecule has 0 saturated carbocycles. The summed E-state index contributed by atoms with van der Waals surface area (Å²) < 4.78 is 19.2. The zero-order valence-electron chi connectivity index (χ0n) is 13.3. The molecule has 0 rings (SSSR count). The van der Waals surface area contributed by atoms with Gasteiger partial charge in [-0.3, -0.25) is 0 Å². The standard InChI is InChI=1S/C15H31IO3Si/c1-4-7-12-17-20(15-10-11-16,18-13-8-5-2)19-14-9-6-3/h10,15H,4-9,11-14H2,1-3H3. The van der Waals surface area contributed by atoms with Crippen molar-refractivity contribution in [2.45, 2.75) is 59.3 Å². The predicted octanol–water partition coefficient (Wildman–Crippen LogP) is 4.91.